The number of nitrogens with zero attached hydrogens (tertiary/aromatic N) is 1. The van der Waals surface area contributed by atoms with Crippen molar-refractivity contribution < 1.29 is 9.15 Å². The van der Waals surface area contributed by atoms with Gasteiger partial charge in [0, 0.05) is 18.5 Å². The van der Waals surface area contributed by atoms with Crippen LogP contribution >= 0.6 is 0 Å². The van der Waals surface area contributed by atoms with Crippen LogP contribution < -0.4 is 4.74 Å². The SMILES string of the molecule is COc1cccc2cc(C3CN(C)Cc4ccccc43)oc12. The fraction of sp³-hybridized carbons (Fsp3) is 0.263. The molecule has 0 bridgehead atoms. The Bertz CT molecular complexity index is 821. The highest BCUT2D eigenvalue weighted by Gasteiger charge is 2.27. The Morgan fingerprint density at radius 2 is 2.00 bits per heavy atom. The van der Waals surface area contributed by atoms with Gasteiger partial charge in [0.1, 0.15) is 5.76 Å². The minimum atomic E-state index is 0.270. The van der Waals surface area contributed by atoms with Crippen LogP contribution in [-0.4, -0.2) is 25.6 Å². The molecule has 3 heteroatoms. The summed E-state index contributed by atoms with van der Waals surface area (Å²) in [5.41, 5.74) is 3.60. The minimum absolute atomic E-state index is 0.270. The number of hydrogen-bond acceptors (Lipinski definition) is 3. The van der Waals surface area contributed by atoms with Crippen LogP contribution in [0.25, 0.3) is 11.0 Å². The fourth-order valence-electron chi connectivity index (χ4n) is 3.42. The van der Waals surface area contributed by atoms with Gasteiger partial charge in [0.25, 0.3) is 0 Å². The molecule has 3 aromatic rings. The van der Waals surface area contributed by atoms with Crippen molar-refractivity contribution in [1.29, 1.82) is 0 Å². The first-order chi connectivity index (χ1) is 10.8. The highest BCUT2D eigenvalue weighted by molar-refractivity contribution is 5.84. The van der Waals surface area contributed by atoms with Gasteiger partial charge in [-0.15, -0.1) is 0 Å². The Balaban J connectivity index is 1.85. The molecule has 0 N–H and O–H groups in total. The number of fused-ring (bicyclic) bond motifs is 2. The van der Waals surface area contributed by atoms with Gasteiger partial charge in [-0.1, -0.05) is 36.4 Å². The average molecular weight is 293 g/mol. The quantitative estimate of drug-likeness (QED) is 0.713. The summed E-state index contributed by atoms with van der Waals surface area (Å²) in [6, 6.07) is 16.8. The van der Waals surface area contributed by atoms with Gasteiger partial charge in [-0.05, 0) is 30.3 Å². The summed E-state index contributed by atoms with van der Waals surface area (Å²) in [7, 11) is 3.84. The monoisotopic (exact) mass is 293 g/mol. The van der Waals surface area contributed by atoms with E-state index in [-0.39, 0.29) is 5.92 Å². The van der Waals surface area contributed by atoms with Crippen LogP contribution in [0, 0.1) is 0 Å². The molecule has 0 radical (unpaired) electrons. The van der Waals surface area contributed by atoms with Crippen molar-refractivity contribution in [2.24, 2.45) is 0 Å². The Morgan fingerprint density at radius 1 is 1.14 bits per heavy atom. The molecule has 3 nitrogen and oxygen atoms in total. The molecule has 1 aliphatic rings. The van der Waals surface area contributed by atoms with E-state index in [1.54, 1.807) is 7.11 Å². The zero-order chi connectivity index (χ0) is 15.1. The van der Waals surface area contributed by atoms with Crippen molar-refractivity contribution in [2.45, 2.75) is 12.5 Å². The number of para-hydroxylation sites is 1. The maximum absolute atomic E-state index is 6.18. The van der Waals surface area contributed by atoms with Gasteiger partial charge < -0.3 is 14.1 Å². The summed E-state index contributed by atoms with van der Waals surface area (Å²) in [4.78, 5) is 2.34. The summed E-state index contributed by atoms with van der Waals surface area (Å²) in [6.45, 7) is 1.97. The van der Waals surface area contributed by atoms with E-state index < -0.39 is 0 Å². The van der Waals surface area contributed by atoms with Crippen molar-refractivity contribution in [2.75, 3.05) is 20.7 Å². The first-order valence-corrected chi connectivity index (χ1v) is 7.59. The zero-order valence-electron chi connectivity index (χ0n) is 12.9. The molecule has 0 saturated heterocycles. The molecule has 2 aromatic carbocycles. The highest BCUT2D eigenvalue weighted by Crippen LogP contribution is 2.37. The average Bonchev–Trinajstić information content (AvgIpc) is 2.97. The number of furan rings is 1. The summed E-state index contributed by atoms with van der Waals surface area (Å²) >= 11 is 0. The van der Waals surface area contributed by atoms with Crippen molar-refractivity contribution in [3.05, 3.63) is 65.4 Å². The van der Waals surface area contributed by atoms with Gasteiger partial charge in [-0.2, -0.15) is 0 Å². The Labute approximate surface area is 130 Å². The standard InChI is InChI=1S/C19H19NO2/c1-20-11-14-6-3-4-8-15(14)16(12-20)18-10-13-7-5-9-17(21-2)19(13)22-18/h3-10,16H,11-12H2,1-2H3. The first-order valence-electron chi connectivity index (χ1n) is 7.59. The molecule has 1 aromatic heterocycles. The van der Waals surface area contributed by atoms with E-state index in [1.165, 1.54) is 11.1 Å². The lowest BCUT2D eigenvalue weighted by Crippen LogP contribution is -2.30. The second-order valence-electron chi connectivity index (χ2n) is 5.98. The molecular weight excluding hydrogens is 274 g/mol. The Kier molecular flexibility index (Phi) is 3.16. The molecular formula is C19H19NO2. The third-order valence-corrected chi connectivity index (χ3v) is 4.46. The Hall–Kier alpha value is -2.26. The van der Waals surface area contributed by atoms with Gasteiger partial charge in [0.15, 0.2) is 11.3 Å². The zero-order valence-corrected chi connectivity index (χ0v) is 12.9. The van der Waals surface area contributed by atoms with Crippen LogP contribution in [0.4, 0.5) is 0 Å². The van der Waals surface area contributed by atoms with E-state index in [0.717, 1.165) is 35.6 Å². The highest BCUT2D eigenvalue weighted by atomic mass is 16.5. The molecule has 22 heavy (non-hydrogen) atoms. The van der Waals surface area contributed by atoms with Crippen LogP contribution in [0.15, 0.2) is 52.9 Å². The van der Waals surface area contributed by atoms with Gasteiger partial charge in [-0.25, -0.2) is 0 Å². The topological polar surface area (TPSA) is 25.6 Å². The molecule has 1 unspecified atom stereocenters. The number of benzene rings is 2. The lowest BCUT2D eigenvalue weighted by molar-refractivity contribution is 0.282. The van der Waals surface area contributed by atoms with Crippen LogP contribution in [0.5, 0.6) is 5.75 Å². The van der Waals surface area contributed by atoms with Gasteiger partial charge in [0.2, 0.25) is 0 Å². The molecule has 0 saturated carbocycles. The van der Waals surface area contributed by atoms with Crippen LogP contribution in [0.3, 0.4) is 0 Å². The van der Waals surface area contributed by atoms with Crippen LogP contribution in [-0.2, 0) is 6.54 Å². The molecule has 0 spiro atoms. The van der Waals surface area contributed by atoms with Gasteiger partial charge >= 0.3 is 0 Å². The van der Waals surface area contributed by atoms with Crippen molar-refractivity contribution in [3.8, 4) is 5.75 Å². The second-order valence-corrected chi connectivity index (χ2v) is 5.98. The smallest absolute Gasteiger partial charge is 0.176 e. The van der Waals surface area contributed by atoms with Crippen molar-refractivity contribution in [1.82, 2.24) is 4.90 Å². The largest absolute Gasteiger partial charge is 0.493 e. The normalized spacial score (nSPS) is 18.4. The number of likely N-dealkylation sites (N-methyl/N-ethyl adjacent to an activating group) is 1. The minimum Gasteiger partial charge on any atom is -0.493 e. The number of methoxy groups -OCH3 is 1. The second kappa shape index (κ2) is 5.18. The lowest BCUT2D eigenvalue weighted by atomic mass is 9.88. The maximum Gasteiger partial charge on any atom is 0.176 e. The molecule has 4 rings (SSSR count). The molecule has 0 aliphatic carbocycles. The van der Waals surface area contributed by atoms with Crippen molar-refractivity contribution in [3.63, 3.8) is 0 Å². The van der Waals surface area contributed by atoms with Crippen LogP contribution in [0.2, 0.25) is 0 Å². The van der Waals surface area contributed by atoms with E-state index in [4.69, 9.17) is 9.15 Å². The number of hydrogen-bond donors (Lipinski definition) is 0. The molecule has 0 fully saturated rings. The number of ether oxygens (including phenoxy) is 1. The molecule has 2 heterocycles. The molecule has 0 amide bonds. The van der Waals surface area contributed by atoms with E-state index in [9.17, 15) is 0 Å². The summed E-state index contributed by atoms with van der Waals surface area (Å²) in [5, 5.41) is 1.10. The first kappa shape index (κ1) is 13.4. The Morgan fingerprint density at radius 3 is 2.86 bits per heavy atom. The van der Waals surface area contributed by atoms with Crippen LogP contribution in [0.1, 0.15) is 22.8 Å². The summed E-state index contributed by atoms with van der Waals surface area (Å²) < 4.78 is 11.6. The lowest BCUT2D eigenvalue weighted by Gasteiger charge is -2.31. The van der Waals surface area contributed by atoms with E-state index in [1.807, 2.05) is 12.1 Å². The molecule has 1 atom stereocenters. The summed E-state index contributed by atoms with van der Waals surface area (Å²) in [5.74, 6) is 2.08. The number of rotatable bonds is 2. The fourth-order valence-corrected chi connectivity index (χ4v) is 3.42. The van der Waals surface area contributed by atoms with E-state index in [0.29, 0.717) is 0 Å². The predicted molar refractivity (Wildman–Crippen MR) is 87.4 cm³/mol. The van der Waals surface area contributed by atoms with E-state index in [2.05, 4.69) is 48.3 Å². The summed E-state index contributed by atoms with van der Waals surface area (Å²) in [6.07, 6.45) is 0. The third-order valence-electron chi connectivity index (χ3n) is 4.46. The van der Waals surface area contributed by atoms with E-state index >= 15 is 0 Å². The molecule has 1 aliphatic heterocycles. The van der Waals surface area contributed by atoms with Gasteiger partial charge in [-0.3, -0.25) is 0 Å². The maximum atomic E-state index is 6.18. The van der Waals surface area contributed by atoms with Crippen molar-refractivity contribution >= 4 is 11.0 Å². The predicted octanol–water partition coefficient (Wildman–Crippen LogP) is 4.02. The third kappa shape index (κ3) is 2.09. The molecule has 112 valence electrons. The van der Waals surface area contributed by atoms with Gasteiger partial charge in [0.05, 0.1) is 13.0 Å².